The first-order chi connectivity index (χ1) is 13.8. The molecule has 5 nitrogen and oxygen atoms in total. The molecule has 1 aromatic heterocycles. The summed E-state index contributed by atoms with van der Waals surface area (Å²) < 4.78 is 39.9. The Hall–Kier alpha value is -3.55. The molecule has 0 fully saturated rings. The van der Waals surface area contributed by atoms with Gasteiger partial charge in [0, 0.05) is 18.0 Å². The molecule has 0 radical (unpaired) electrons. The topological polar surface area (TPSA) is 67.2 Å². The number of benzene rings is 2. The summed E-state index contributed by atoms with van der Waals surface area (Å²) in [6.07, 6.45) is 0.176. The number of fused-ring (bicyclic) bond motifs is 1. The SMILES string of the molecule is Cc1cc2c(cc1C(F)(F)F)N=C(c1cccc(-c3cncnc3)c1)CC(=O)N2. The second kappa shape index (κ2) is 7.12. The van der Waals surface area contributed by atoms with Crippen molar-refractivity contribution >= 4 is 23.0 Å². The lowest BCUT2D eigenvalue weighted by atomic mass is 10.0. The van der Waals surface area contributed by atoms with Crippen molar-refractivity contribution in [1.29, 1.82) is 0 Å². The maximum Gasteiger partial charge on any atom is 0.416 e. The molecule has 1 aliphatic rings. The highest BCUT2D eigenvalue weighted by Crippen LogP contribution is 2.39. The van der Waals surface area contributed by atoms with Crippen LogP contribution in [0.2, 0.25) is 0 Å². The average Bonchev–Trinajstić information content (AvgIpc) is 2.85. The highest BCUT2D eigenvalue weighted by molar-refractivity contribution is 6.17. The monoisotopic (exact) mass is 396 g/mol. The number of carbonyl (C=O) groups is 1. The minimum atomic E-state index is -4.50. The number of anilines is 1. The smallest absolute Gasteiger partial charge is 0.324 e. The normalized spacial score (nSPS) is 13.9. The molecule has 2 aromatic carbocycles. The van der Waals surface area contributed by atoms with Crippen LogP contribution in [0, 0.1) is 6.92 Å². The van der Waals surface area contributed by atoms with Crippen LogP contribution in [0.5, 0.6) is 0 Å². The van der Waals surface area contributed by atoms with Crippen LogP contribution < -0.4 is 5.32 Å². The van der Waals surface area contributed by atoms with Gasteiger partial charge in [-0.05, 0) is 41.8 Å². The molecule has 0 aliphatic carbocycles. The lowest BCUT2D eigenvalue weighted by Gasteiger charge is -2.13. The number of hydrogen-bond acceptors (Lipinski definition) is 4. The van der Waals surface area contributed by atoms with Crippen molar-refractivity contribution in [2.75, 3.05) is 5.32 Å². The summed E-state index contributed by atoms with van der Waals surface area (Å²) in [5, 5.41) is 2.65. The van der Waals surface area contributed by atoms with Crippen LogP contribution in [0.3, 0.4) is 0 Å². The fraction of sp³-hybridized carbons (Fsp3) is 0.143. The molecular weight excluding hydrogens is 381 g/mol. The number of nitrogens with zero attached hydrogens (tertiary/aromatic N) is 3. The summed E-state index contributed by atoms with van der Waals surface area (Å²) >= 11 is 0. The fourth-order valence-electron chi connectivity index (χ4n) is 3.22. The van der Waals surface area contributed by atoms with Crippen LogP contribution in [-0.2, 0) is 11.0 Å². The largest absolute Gasteiger partial charge is 0.416 e. The average molecular weight is 396 g/mol. The molecular formula is C21H15F3N4O. The Morgan fingerprint density at radius 1 is 1.00 bits per heavy atom. The number of halogens is 3. The van der Waals surface area contributed by atoms with Gasteiger partial charge in [-0.25, -0.2) is 9.97 Å². The second-order valence-corrected chi connectivity index (χ2v) is 6.67. The van der Waals surface area contributed by atoms with Gasteiger partial charge < -0.3 is 5.32 Å². The molecule has 1 N–H and O–H groups in total. The molecule has 0 atom stereocenters. The van der Waals surface area contributed by atoms with E-state index in [1.807, 2.05) is 12.1 Å². The molecule has 29 heavy (non-hydrogen) atoms. The van der Waals surface area contributed by atoms with Crippen LogP contribution >= 0.6 is 0 Å². The molecule has 2 heterocycles. The molecule has 4 rings (SSSR count). The molecule has 0 bridgehead atoms. The number of carbonyl (C=O) groups excluding carboxylic acids is 1. The van der Waals surface area contributed by atoms with E-state index in [-0.39, 0.29) is 29.3 Å². The van der Waals surface area contributed by atoms with Crippen LogP contribution in [0.1, 0.15) is 23.1 Å². The third-order valence-electron chi connectivity index (χ3n) is 4.60. The van der Waals surface area contributed by atoms with Gasteiger partial charge in [-0.15, -0.1) is 0 Å². The van der Waals surface area contributed by atoms with Crippen molar-refractivity contribution in [3.8, 4) is 11.1 Å². The van der Waals surface area contributed by atoms with Gasteiger partial charge in [0.05, 0.1) is 29.1 Å². The number of alkyl halides is 3. The first-order valence-corrected chi connectivity index (χ1v) is 8.76. The Labute approximate surface area is 164 Å². The Morgan fingerprint density at radius 3 is 2.45 bits per heavy atom. The number of nitrogens with one attached hydrogen (secondary N) is 1. The zero-order valence-electron chi connectivity index (χ0n) is 15.3. The molecule has 146 valence electrons. The second-order valence-electron chi connectivity index (χ2n) is 6.67. The van der Waals surface area contributed by atoms with E-state index in [1.54, 1.807) is 24.5 Å². The molecule has 1 amide bonds. The molecule has 8 heteroatoms. The number of aryl methyl sites for hydroxylation is 1. The third kappa shape index (κ3) is 3.87. The lowest BCUT2D eigenvalue weighted by molar-refractivity contribution is -0.138. The Kier molecular flexibility index (Phi) is 4.62. The van der Waals surface area contributed by atoms with Gasteiger partial charge in [-0.1, -0.05) is 18.2 Å². The Morgan fingerprint density at radius 2 is 1.72 bits per heavy atom. The van der Waals surface area contributed by atoms with Gasteiger partial charge in [0.25, 0.3) is 0 Å². The quantitative estimate of drug-likeness (QED) is 0.668. The van der Waals surface area contributed by atoms with E-state index in [2.05, 4.69) is 20.3 Å². The zero-order chi connectivity index (χ0) is 20.6. The van der Waals surface area contributed by atoms with E-state index < -0.39 is 11.7 Å². The molecule has 3 aromatic rings. The van der Waals surface area contributed by atoms with Crippen molar-refractivity contribution in [2.24, 2.45) is 4.99 Å². The molecule has 0 saturated heterocycles. The predicted molar refractivity (Wildman–Crippen MR) is 103 cm³/mol. The standard InChI is InChI=1S/C21H15F3N4O/c1-12-5-18-19(7-16(12)21(22,23)24)27-17(8-20(29)28-18)14-4-2-3-13(6-14)15-9-25-11-26-10-15/h2-7,9-11H,8H2,1H3,(H,28,29). The summed E-state index contributed by atoms with van der Waals surface area (Å²) in [7, 11) is 0. The van der Waals surface area contributed by atoms with E-state index in [4.69, 9.17) is 0 Å². The van der Waals surface area contributed by atoms with Gasteiger partial charge in [0.15, 0.2) is 0 Å². The Balaban J connectivity index is 1.82. The first kappa shape index (κ1) is 18.8. The summed E-state index contributed by atoms with van der Waals surface area (Å²) in [4.78, 5) is 24.7. The summed E-state index contributed by atoms with van der Waals surface area (Å²) in [6.45, 7) is 1.36. The predicted octanol–water partition coefficient (Wildman–Crippen LogP) is 4.93. The van der Waals surface area contributed by atoms with E-state index in [9.17, 15) is 18.0 Å². The van der Waals surface area contributed by atoms with Crippen LogP contribution in [0.25, 0.3) is 11.1 Å². The maximum atomic E-state index is 13.3. The fourth-order valence-corrected chi connectivity index (χ4v) is 3.22. The number of hydrogen-bond donors (Lipinski definition) is 1. The number of aliphatic imine (C=N–C) groups is 1. The number of aromatic nitrogens is 2. The summed E-state index contributed by atoms with van der Waals surface area (Å²) in [5.41, 5.74) is 2.23. The third-order valence-corrected chi connectivity index (χ3v) is 4.60. The van der Waals surface area contributed by atoms with Gasteiger partial charge in [0.2, 0.25) is 5.91 Å². The van der Waals surface area contributed by atoms with Gasteiger partial charge in [-0.3, -0.25) is 9.79 Å². The summed E-state index contributed by atoms with van der Waals surface area (Å²) in [6, 6.07) is 9.52. The maximum absolute atomic E-state index is 13.3. The van der Waals surface area contributed by atoms with Crippen molar-refractivity contribution in [3.05, 3.63) is 71.8 Å². The highest BCUT2D eigenvalue weighted by atomic mass is 19.4. The van der Waals surface area contributed by atoms with E-state index in [0.29, 0.717) is 11.3 Å². The van der Waals surface area contributed by atoms with Crippen LogP contribution in [0.15, 0.2) is 60.1 Å². The molecule has 0 unspecified atom stereocenters. The number of amides is 1. The van der Waals surface area contributed by atoms with Gasteiger partial charge in [-0.2, -0.15) is 13.2 Å². The molecule has 0 spiro atoms. The van der Waals surface area contributed by atoms with Gasteiger partial charge >= 0.3 is 6.18 Å². The molecule has 0 saturated carbocycles. The van der Waals surface area contributed by atoms with Crippen LogP contribution in [0.4, 0.5) is 24.5 Å². The zero-order valence-corrected chi connectivity index (χ0v) is 15.3. The minimum absolute atomic E-state index is 0.0290. The van der Waals surface area contributed by atoms with Crippen molar-refractivity contribution in [2.45, 2.75) is 19.5 Å². The van der Waals surface area contributed by atoms with Crippen LogP contribution in [-0.4, -0.2) is 21.6 Å². The summed E-state index contributed by atoms with van der Waals surface area (Å²) in [5.74, 6) is -0.338. The highest BCUT2D eigenvalue weighted by Gasteiger charge is 2.33. The van der Waals surface area contributed by atoms with E-state index in [1.165, 1.54) is 19.3 Å². The molecule has 1 aliphatic heterocycles. The Bertz CT molecular complexity index is 1120. The minimum Gasteiger partial charge on any atom is -0.324 e. The van der Waals surface area contributed by atoms with Gasteiger partial charge in [0.1, 0.15) is 6.33 Å². The van der Waals surface area contributed by atoms with Crippen molar-refractivity contribution in [3.63, 3.8) is 0 Å². The first-order valence-electron chi connectivity index (χ1n) is 8.76. The number of rotatable bonds is 2. The lowest BCUT2D eigenvalue weighted by Crippen LogP contribution is -2.15. The van der Waals surface area contributed by atoms with E-state index in [0.717, 1.165) is 17.2 Å². The van der Waals surface area contributed by atoms with E-state index >= 15 is 0 Å². The van der Waals surface area contributed by atoms with Crippen molar-refractivity contribution < 1.29 is 18.0 Å². The van der Waals surface area contributed by atoms with Crippen molar-refractivity contribution in [1.82, 2.24) is 9.97 Å².